The number of carbonyl (C=O) groups is 2. The summed E-state index contributed by atoms with van der Waals surface area (Å²) in [5, 5.41) is 12.6. The van der Waals surface area contributed by atoms with Crippen LogP contribution in [-0.4, -0.2) is 26.5 Å². The zero-order valence-electron chi connectivity index (χ0n) is 20.5. The van der Waals surface area contributed by atoms with E-state index in [-0.39, 0.29) is 11.1 Å². The average molecular weight is 514 g/mol. The predicted octanol–water partition coefficient (Wildman–Crippen LogP) is 7.05. The van der Waals surface area contributed by atoms with Crippen molar-refractivity contribution in [3.05, 3.63) is 118 Å². The van der Waals surface area contributed by atoms with Gasteiger partial charge in [-0.2, -0.15) is 0 Å². The molecule has 1 heterocycles. The number of nitrogens with one attached hydrogen (secondary N) is 1. The van der Waals surface area contributed by atoms with Crippen molar-refractivity contribution in [3.63, 3.8) is 0 Å². The van der Waals surface area contributed by atoms with E-state index in [1.807, 2.05) is 54.6 Å². The first-order valence-electron chi connectivity index (χ1n) is 12.2. The van der Waals surface area contributed by atoms with E-state index in [1.165, 1.54) is 12.1 Å². The van der Waals surface area contributed by atoms with Gasteiger partial charge in [0.15, 0.2) is 5.15 Å². The molecule has 4 rings (SSSR count). The van der Waals surface area contributed by atoms with Gasteiger partial charge in [-0.05, 0) is 47.9 Å². The van der Waals surface area contributed by atoms with Crippen LogP contribution in [0, 0.1) is 0 Å². The van der Waals surface area contributed by atoms with Gasteiger partial charge < -0.3 is 15.0 Å². The minimum absolute atomic E-state index is 0.0377. The number of hydrogen-bond acceptors (Lipinski definition) is 3. The zero-order valence-corrected chi connectivity index (χ0v) is 21.3. The van der Waals surface area contributed by atoms with E-state index in [4.69, 9.17) is 11.6 Å². The maximum absolute atomic E-state index is 12.7. The zero-order chi connectivity index (χ0) is 26.2. The lowest BCUT2D eigenvalue weighted by Gasteiger charge is -2.12. The maximum atomic E-state index is 12.7. The molecule has 0 aliphatic carbocycles. The van der Waals surface area contributed by atoms with Crippen LogP contribution < -0.4 is 5.32 Å². The number of hydrogen-bond donors (Lipinski definition) is 2. The highest BCUT2D eigenvalue weighted by Crippen LogP contribution is 2.24. The Hall–Kier alpha value is -4.16. The minimum atomic E-state index is -1.14. The molecule has 0 fully saturated rings. The van der Waals surface area contributed by atoms with E-state index in [0.29, 0.717) is 17.4 Å². The number of imidazole rings is 1. The number of aromatic nitrogens is 2. The summed E-state index contributed by atoms with van der Waals surface area (Å²) in [6.45, 7) is 2.72. The first-order chi connectivity index (χ1) is 18.0. The number of carboxylic acids is 1. The van der Waals surface area contributed by atoms with Crippen molar-refractivity contribution in [3.8, 4) is 0 Å². The summed E-state index contributed by atoms with van der Waals surface area (Å²) in [6, 6.07) is 23.6. The second-order valence-electron chi connectivity index (χ2n) is 8.64. The summed E-state index contributed by atoms with van der Waals surface area (Å²) in [5.41, 5.74) is 3.59. The molecule has 4 aromatic rings. The molecule has 37 heavy (non-hydrogen) atoms. The molecular formula is C30H28ClN3O3. The van der Waals surface area contributed by atoms with Crippen molar-refractivity contribution in [1.82, 2.24) is 9.55 Å². The van der Waals surface area contributed by atoms with E-state index in [2.05, 4.69) is 21.8 Å². The van der Waals surface area contributed by atoms with Gasteiger partial charge >= 0.3 is 5.97 Å². The summed E-state index contributed by atoms with van der Waals surface area (Å²) >= 11 is 6.56. The first-order valence-corrected chi connectivity index (χ1v) is 12.5. The van der Waals surface area contributed by atoms with Crippen LogP contribution in [0.1, 0.15) is 63.1 Å². The molecule has 0 spiro atoms. The van der Waals surface area contributed by atoms with E-state index in [1.54, 1.807) is 24.3 Å². The smallest absolute Gasteiger partial charge is 0.336 e. The fourth-order valence-corrected chi connectivity index (χ4v) is 4.29. The SMILES string of the molecule is CCCCc1nc(Cl)c(C=Cc2ccccc2)n1Cc1ccc(NC(=O)c2ccccc2C(=O)O)cc1. The molecule has 0 saturated carbocycles. The number of carboxylic acid groups (broad SMARTS) is 1. The van der Waals surface area contributed by atoms with Gasteiger partial charge in [-0.1, -0.05) is 85.6 Å². The second-order valence-corrected chi connectivity index (χ2v) is 9.00. The molecular weight excluding hydrogens is 486 g/mol. The molecule has 0 saturated heterocycles. The lowest BCUT2D eigenvalue weighted by Crippen LogP contribution is -2.16. The normalized spacial score (nSPS) is 11.1. The van der Waals surface area contributed by atoms with Gasteiger partial charge in [-0.15, -0.1) is 0 Å². The predicted molar refractivity (Wildman–Crippen MR) is 148 cm³/mol. The van der Waals surface area contributed by atoms with Gasteiger partial charge in [0.05, 0.1) is 16.8 Å². The average Bonchev–Trinajstić information content (AvgIpc) is 3.21. The van der Waals surface area contributed by atoms with Gasteiger partial charge in [0.25, 0.3) is 5.91 Å². The van der Waals surface area contributed by atoms with Crippen LogP contribution in [0.25, 0.3) is 12.2 Å². The fraction of sp³-hybridized carbons (Fsp3) is 0.167. The van der Waals surface area contributed by atoms with Crippen LogP contribution in [-0.2, 0) is 13.0 Å². The largest absolute Gasteiger partial charge is 0.478 e. The van der Waals surface area contributed by atoms with Crippen LogP contribution in [0.5, 0.6) is 0 Å². The Bertz CT molecular complexity index is 1410. The monoisotopic (exact) mass is 513 g/mol. The molecule has 2 N–H and O–H groups in total. The third-order valence-electron chi connectivity index (χ3n) is 5.98. The van der Waals surface area contributed by atoms with Crippen molar-refractivity contribution in [2.75, 3.05) is 5.32 Å². The van der Waals surface area contributed by atoms with Gasteiger partial charge in [0, 0.05) is 18.7 Å². The van der Waals surface area contributed by atoms with Crippen molar-refractivity contribution in [2.24, 2.45) is 0 Å². The van der Waals surface area contributed by atoms with Gasteiger partial charge in [-0.3, -0.25) is 4.79 Å². The van der Waals surface area contributed by atoms with Crippen molar-refractivity contribution < 1.29 is 14.7 Å². The highest BCUT2D eigenvalue weighted by Gasteiger charge is 2.17. The molecule has 0 atom stereocenters. The lowest BCUT2D eigenvalue weighted by molar-refractivity contribution is 0.0692. The Balaban J connectivity index is 1.55. The number of rotatable bonds is 10. The first kappa shape index (κ1) is 25.9. The quantitative estimate of drug-likeness (QED) is 0.238. The van der Waals surface area contributed by atoms with Gasteiger partial charge in [0.2, 0.25) is 0 Å². The Kier molecular flexibility index (Phi) is 8.54. The molecule has 0 unspecified atom stereocenters. The van der Waals surface area contributed by atoms with Crippen molar-refractivity contribution in [1.29, 1.82) is 0 Å². The molecule has 0 bridgehead atoms. The van der Waals surface area contributed by atoms with Crippen molar-refractivity contribution in [2.45, 2.75) is 32.7 Å². The third kappa shape index (κ3) is 6.54. The number of anilines is 1. The Morgan fingerprint density at radius 2 is 1.62 bits per heavy atom. The topological polar surface area (TPSA) is 84.2 Å². The number of aromatic carboxylic acids is 1. The molecule has 1 amide bonds. The highest BCUT2D eigenvalue weighted by molar-refractivity contribution is 6.30. The van der Waals surface area contributed by atoms with Crippen LogP contribution in [0.4, 0.5) is 5.69 Å². The number of nitrogens with zero attached hydrogens (tertiary/aromatic N) is 2. The summed E-state index contributed by atoms with van der Waals surface area (Å²) < 4.78 is 2.13. The molecule has 0 aliphatic heterocycles. The van der Waals surface area contributed by atoms with Crippen LogP contribution in [0.3, 0.4) is 0 Å². The summed E-state index contributed by atoms with van der Waals surface area (Å²) in [7, 11) is 0. The minimum Gasteiger partial charge on any atom is -0.478 e. The van der Waals surface area contributed by atoms with Crippen molar-refractivity contribution >= 4 is 41.3 Å². The Labute approximate surface area is 221 Å². The van der Waals surface area contributed by atoms with Crippen LogP contribution >= 0.6 is 11.6 Å². The summed E-state index contributed by atoms with van der Waals surface area (Å²) in [4.78, 5) is 28.8. The number of amides is 1. The van der Waals surface area contributed by atoms with E-state index >= 15 is 0 Å². The fourth-order valence-electron chi connectivity index (χ4n) is 4.02. The van der Waals surface area contributed by atoms with Gasteiger partial charge in [0.1, 0.15) is 5.82 Å². The number of aryl methyl sites for hydroxylation is 1. The number of halogens is 1. The van der Waals surface area contributed by atoms with Crippen LogP contribution in [0.2, 0.25) is 5.15 Å². The van der Waals surface area contributed by atoms with E-state index in [9.17, 15) is 14.7 Å². The number of unbranched alkanes of at least 4 members (excludes halogenated alkanes) is 1. The Morgan fingerprint density at radius 3 is 2.30 bits per heavy atom. The maximum Gasteiger partial charge on any atom is 0.336 e. The number of benzene rings is 3. The van der Waals surface area contributed by atoms with Crippen LogP contribution in [0.15, 0.2) is 78.9 Å². The molecule has 6 nitrogen and oxygen atoms in total. The lowest BCUT2D eigenvalue weighted by atomic mass is 10.1. The Morgan fingerprint density at radius 1 is 0.946 bits per heavy atom. The second kappa shape index (κ2) is 12.2. The molecule has 188 valence electrons. The third-order valence-corrected chi connectivity index (χ3v) is 6.26. The molecule has 7 heteroatoms. The molecule has 0 radical (unpaired) electrons. The summed E-state index contributed by atoms with van der Waals surface area (Å²) in [5.74, 6) is -0.680. The van der Waals surface area contributed by atoms with E-state index < -0.39 is 11.9 Å². The highest BCUT2D eigenvalue weighted by atomic mass is 35.5. The number of carbonyl (C=O) groups excluding carboxylic acids is 1. The molecule has 0 aliphatic rings. The molecule has 3 aromatic carbocycles. The standard InChI is InChI=1S/C30H28ClN3O3/c1-2-3-13-27-33-28(31)26(19-16-21-9-5-4-6-10-21)34(27)20-22-14-17-23(18-15-22)32-29(35)24-11-7-8-12-25(24)30(36)37/h4-12,14-19H,2-3,13,20H2,1H3,(H,32,35)(H,36,37). The van der Waals surface area contributed by atoms with Gasteiger partial charge in [-0.25, -0.2) is 9.78 Å². The van der Waals surface area contributed by atoms with E-state index in [0.717, 1.165) is 41.9 Å². The summed E-state index contributed by atoms with van der Waals surface area (Å²) in [6.07, 6.45) is 6.91. The molecule has 1 aromatic heterocycles.